The van der Waals surface area contributed by atoms with Gasteiger partial charge in [-0.2, -0.15) is 0 Å². The number of hydrogen-bond acceptors (Lipinski definition) is 1. The number of rotatable bonds is 4. The van der Waals surface area contributed by atoms with Crippen LogP contribution in [-0.4, -0.2) is 16.8 Å². The average Bonchev–Trinajstić information content (AvgIpc) is 1.83. The second-order valence-electron chi connectivity index (χ2n) is 1.23. The Labute approximate surface area is 66.4 Å². The molecule has 0 aliphatic carbocycles. The van der Waals surface area contributed by atoms with Crippen molar-refractivity contribution in [1.82, 2.24) is 0 Å². The maximum Gasteiger partial charge on any atom is 0.117 e. The average molecular weight is 244 g/mol. The predicted octanol–water partition coefficient (Wildman–Crippen LogP) is 2.30. The molecule has 0 saturated heterocycles. The lowest BCUT2D eigenvalue weighted by atomic mass is 10.5. The van der Waals surface area contributed by atoms with Crippen molar-refractivity contribution in [2.45, 2.75) is 6.10 Å². The van der Waals surface area contributed by atoms with Crippen molar-refractivity contribution in [3.05, 3.63) is 12.8 Å². The third-order valence-corrected chi connectivity index (χ3v) is 2.08. The van der Waals surface area contributed by atoms with Gasteiger partial charge in [0.1, 0.15) is 6.10 Å². The van der Waals surface area contributed by atoms with Crippen LogP contribution in [0.1, 0.15) is 0 Å². The SMILES string of the molecule is C=COC(CBr)CBr. The molecule has 48 valence electrons. The summed E-state index contributed by atoms with van der Waals surface area (Å²) in [6.07, 6.45) is 1.67. The second kappa shape index (κ2) is 5.63. The molecule has 0 rings (SSSR count). The smallest absolute Gasteiger partial charge is 0.117 e. The topological polar surface area (TPSA) is 9.23 Å². The van der Waals surface area contributed by atoms with E-state index >= 15 is 0 Å². The van der Waals surface area contributed by atoms with E-state index in [1.807, 2.05) is 0 Å². The van der Waals surface area contributed by atoms with Crippen LogP contribution in [-0.2, 0) is 4.74 Å². The van der Waals surface area contributed by atoms with Gasteiger partial charge in [0, 0.05) is 10.7 Å². The third kappa shape index (κ3) is 3.50. The van der Waals surface area contributed by atoms with Gasteiger partial charge in [-0.1, -0.05) is 38.4 Å². The normalized spacial score (nSPS) is 9.38. The van der Waals surface area contributed by atoms with Crippen molar-refractivity contribution in [3.63, 3.8) is 0 Å². The highest BCUT2D eigenvalue weighted by molar-refractivity contribution is 9.09. The molecule has 8 heavy (non-hydrogen) atoms. The van der Waals surface area contributed by atoms with Crippen LogP contribution >= 0.6 is 31.9 Å². The summed E-state index contributed by atoms with van der Waals surface area (Å²) in [5.74, 6) is 0. The molecular weight excluding hydrogens is 236 g/mol. The zero-order chi connectivity index (χ0) is 6.41. The van der Waals surface area contributed by atoms with Crippen molar-refractivity contribution in [2.24, 2.45) is 0 Å². The minimum Gasteiger partial charge on any atom is -0.497 e. The molecule has 0 N–H and O–H groups in total. The van der Waals surface area contributed by atoms with E-state index in [1.54, 1.807) is 0 Å². The van der Waals surface area contributed by atoms with Gasteiger partial charge in [0.15, 0.2) is 0 Å². The van der Waals surface area contributed by atoms with Crippen LogP contribution in [0.2, 0.25) is 0 Å². The van der Waals surface area contributed by atoms with E-state index in [1.165, 1.54) is 6.26 Å². The van der Waals surface area contributed by atoms with E-state index in [0.717, 1.165) is 10.7 Å². The summed E-state index contributed by atoms with van der Waals surface area (Å²) in [4.78, 5) is 0. The Morgan fingerprint density at radius 1 is 1.50 bits per heavy atom. The maximum atomic E-state index is 5.01. The standard InChI is InChI=1S/C5H8Br2O/c1-2-8-5(3-6)4-7/h2,5H,1,3-4H2. The van der Waals surface area contributed by atoms with Crippen LogP contribution in [0.4, 0.5) is 0 Å². The largest absolute Gasteiger partial charge is 0.497 e. The first-order chi connectivity index (χ1) is 3.85. The first-order valence-corrected chi connectivity index (χ1v) is 4.47. The lowest BCUT2D eigenvalue weighted by Crippen LogP contribution is -2.12. The minimum atomic E-state index is 0.215. The van der Waals surface area contributed by atoms with Crippen LogP contribution < -0.4 is 0 Å². The molecular formula is C5H8Br2O. The van der Waals surface area contributed by atoms with E-state index in [-0.39, 0.29) is 6.10 Å². The Morgan fingerprint density at radius 3 is 2.12 bits per heavy atom. The molecule has 0 atom stereocenters. The highest BCUT2D eigenvalue weighted by atomic mass is 79.9. The summed E-state index contributed by atoms with van der Waals surface area (Å²) >= 11 is 6.55. The number of hydrogen-bond donors (Lipinski definition) is 0. The van der Waals surface area contributed by atoms with Gasteiger partial charge < -0.3 is 4.74 Å². The fourth-order valence-corrected chi connectivity index (χ4v) is 1.63. The van der Waals surface area contributed by atoms with Gasteiger partial charge in [0.05, 0.1) is 6.26 Å². The summed E-state index contributed by atoms with van der Waals surface area (Å²) in [6.45, 7) is 3.43. The van der Waals surface area contributed by atoms with Crippen LogP contribution in [0.15, 0.2) is 12.8 Å². The minimum absolute atomic E-state index is 0.215. The molecule has 0 amide bonds. The Morgan fingerprint density at radius 2 is 2.00 bits per heavy atom. The summed E-state index contributed by atoms with van der Waals surface area (Å²) in [6, 6.07) is 0. The Balaban J connectivity index is 3.20. The van der Waals surface area contributed by atoms with Crippen LogP contribution in [0, 0.1) is 0 Å². The molecule has 0 saturated carbocycles. The van der Waals surface area contributed by atoms with E-state index < -0.39 is 0 Å². The molecule has 0 unspecified atom stereocenters. The summed E-state index contributed by atoms with van der Waals surface area (Å²) in [5, 5.41) is 1.68. The number of halogens is 2. The van der Waals surface area contributed by atoms with E-state index in [9.17, 15) is 0 Å². The molecule has 1 nitrogen and oxygen atoms in total. The van der Waals surface area contributed by atoms with Gasteiger partial charge in [-0.05, 0) is 0 Å². The lowest BCUT2D eigenvalue weighted by molar-refractivity contribution is 0.191. The quantitative estimate of drug-likeness (QED) is 0.544. The number of ether oxygens (including phenoxy) is 1. The predicted molar refractivity (Wildman–Crippen MR) is 42.7 cm³/mol. The Bertz CT molecular complexity index is 61.4. The fraction of sp³-hybridized carbons (Fsp3) is 0.600. The van der Waals surface area contributed by atoms with Crippen molar-refractivity contribution in [2.75, 3.05) is 10.7 Å². The first-order valence-electron chi connectivity index (χ1n) is 2.23. The van der Waals surface area contributed by atoms with Crippen LogP contribution in [0.3, 0.4) is 0 Å². The van der Waals surface area contributed by atoms with Crippen molar-refractivity contribution in [3.8, 4) is 0 Å². The Hall–Kier alpha value is 0.500. The van der Waals surface area contributed by atoms with E-state index in [4.69, 9.17) is 4.74 Å². The summed E-state index contributed by atoms with van der Waals surface area (Å²) in [5.41, 5.74) is 0. The molecule has 0 bridgehead atoms. The van der Waals surface area contributed by atoms with Gasteiger partial charge in [0.25, 0.3) is 0 Å². The summed E-state index contributed by atoms with van der Waals surface area (Å²) < 4.78 is 5.01. The van der Waals surface area contributed by atoms with Gasteiger partial charge in [0.2, 0.25) is 0 Å². The molecule has 3 heteroatoms. The van der Waals surface area contributed by atoms with Crippen molar-refractivity contribution in [1.29, 1.82) is 0 Å². The highest BCUT2D eigenvalue weighted by Crippen LogP contribution is 2.00. The van der Waals surface area contributed by atoms with E-state index in [0.29, 0.717) is 0 Å². The van der Waals surface area contributed by atoms with Gasteiger partial charge >= 0.3 is 0 Å². The highest BCUT2D eigenvalue weighted by Gasteiger charge is 2.00. The molecule has 0 aromatic heterocycles. The zero-order valence-corrected chi connectivity index (χ0v) is 7.61. The molecule has 0 aliphatic heterocycles. The molecule has 0 spiro atoms. The monoisotopic (exact) mass is 242 g/mol. The zero-order valence-electron chi connectivity index (χ0n) is 4.44. The third-order valence-electron chi connectivity index (χ3n) is 0.633. The van der Waals surface area contributed by atoms with Gasteiger partial charge in [-0.25, -0.2) is 0 Å². The van der Waals surface area contributed by atoms with E-state index in [2.05, 4.69) is 38.4 Å². The lowest BCUT2D eigenvalue weighted by Gasteiger charge is -2.07. The maximum absolute atomic E-state index is 5.01. The molecule has 0 aromatic rings. The van der Waals surface area contributed by atoms with Crippen molar-refractivity contribution >= 4 is 31.9 Å². The van der Waals surface area contributed by atoms with Gasteiger partial charge in [-0.15, -0.1) is 0 Å². The fourth-order valence-electron chi connectivity index (χ4n) is 0.250. The van der Waals surface area contributed by atoms with Gasteiger partial charge in [-0.3, -0.25) is 0 Å². The summed E-state index contributed by atoms with van der Waals surface area (Å²) in [7, 11) is 0. The van der Waals surface area contributed by atoms with Crippen LogP contribution in [0.5, 0.6) is 0 Å². The van der Waals surface area contributed by atoms with Crippen LogP contribution in [0.25, 0.3) is 0 Å². The second-order valence-corrected chi connectivity index (χ2v) is 2.53. The molecule has 0 aromatic carbocycles. The first kappa shape index (κ1) is 8.50. The molecule has 0 radical (unpaired) electrons. The molecule has 0 heterocycles. The van der Waals surface area contributed by atoms with Crippen molar-refractivity contribution < 1.29 is 4.74 Å². The number of alkyl halides is 2. The molecule has 0 aliphatic rings. The Kier molecular flexibility index (Phi) is 5.99. The molecule has 0 fully saturated rings.